The molecule has 1 aromatic carbocycles. The molecule has 1 aromatic heterocycles. The molecule has 0 aliphatic carbocycles. The second-order valence-corrected chi connectivity index (χ2v) is 5.78. The van der Waals surface area contributed by atoms with Gasteiger partial charge in [-0.2, -0.15) is 5.10 Å². The van der Waals surface area contributed by atoms with Crippen molar-refractivity contribution in [1.82, 2.24) is 15.1 Å². The molecule has 1 unspecified atom stereocenters. The van der Waals surface area contributed by atoms with Crippen LogP contribution in [0.1, 0.15) is 39.4 Å². The third-order valence-electron chi connectivity index (χ3n) is 3.98. The number of nitrogens with zero attached hydrogens (tertiary/aromatic N) is 2. The Bertz CT molecular complexity index is 708. The van der Waals surface area contributed by atoms with Crippen molar-refractivity contribution >= 4 is 11.9 Å². The number of amides is 1. The van der Waals surface area contributed by atoms with Gasteiger partial charge < -0.3 is 14.7 Å². The first-order chi connectivity index (χ1) is 11.6. The maximum absolute atomic E-state index is 12.8. The van der Waals surface area contributed by atoms with E-state index in [0.29, 0.717) is 19.7 Å². The summed E-state index contributed by atoms with van der Waals surface area (Å²) in [7, 11) is 0. The van der Waals surface area contributed by atoms with Gasteiger partial charge in [0.25, 0.3) is 5.91 Å². The molecule has 24 heavy (non-hydrogen) atoms. The van der Waals surface area contributed by atoms with Gasteiger partial charge in [0.2, 0.25) is 0 Å². The Hall–Kier alpha value is -2.67. The Kier molecular flexibility index (Phi) is 4.90. The summed E-state index contributed by atoms with van der Waals surface area (Å²) >= 11 is 0. The van der Waals surface area contributed by atoms with Crippen molar-refractivity contribution in [3.05, 3.63) is 53.3 Å². The van der Waals surface area contributed by atoms with Crippen molar-refractivity contribution in [3.8, 4) is 0 Å². The first-order valence-electron chi connectivity index (χ1n) is 7.87. The van der Waals surface area contributed by atoms with Crippen LogP contribution in [0.3, 0.4) is 0 Å². The Morgan fingerprint density at radius 3 is 2.75 bits per heavy atom. The number of hydrogen-bond acceptors (Lipinski definition) is 4. The smallest absolute Gasteiger partial charge is 0.353 e. The summed E-state index contributed by atoms with van der Waals surface area (Å²) < 4.78 is 5.63. The van der Waals surface area contributed by atoms with E-state index < -0.39 is 5.97 Å². The Labute approximate surface area is 139 Å². The highest BCUT2D eigenvalue weighted by atomic mass is 16.5. The van der Waals surface area contributed by atoms with E-state index in [1.54, 1.807) is 4.90 Å². The molecular formula is C17H19N3O4. The molecule has 126 valence electrons. The zero-order valence-electron chi connectivity index (χ0n) is 13.1. The lowest BCUT2D eigenvalue weighted by Crippen LogP contribution is -2.37. The molecule has 1 fully saturated rings. The number of ether oxygens (including phenoxy) is 1. The summed E-state index contributed by atoms with van der Waals surface area (Å²) in [6, 6.07) is 10.9. The van der Waals surface area contributed by atoms with Gasteiger partial charge in [0, 0.05) is 25.8 Å². The van der Waals surface area contributed by atoms with Crippen molar-refractivity contribution in [3.63, 3.8) is 0 Å². The minimum atomic E-state index is -1.14. The van der Waals surface area contributed by atoms with Gasteiger partial charge in [-0.15, -0.1) is 0 Å². The molecule has 0 bridgehead atoms. The van der Waals surface area contributed by atoms with E-state index >= 15 is 0 Å². The van der Waals surface area contributed by atoms with Crippen molar-refractivity contribution in [2.45, 2.75) is 25.5 Å². The maximum atomic E-state index is 12.8. The second kappa shape index (κ2) is 7.27. The van der Waals surface area contributed by atoms with E-state index in [2.05, 4.69) is 10.2 Å². The lowest BCUT2D eigenvalue weighted by atomic mass is 10.1. The number of aromatic amines is 1. The molecule has 1 saturated heterocycles. The minimum absolute atomic E-state index is 0.00977. The van der Waals surface area contributed by atoms with E-state index in [-0.39, 0.29) is 23.4 Å². The van der Waals surface area contributed by atoms with E-state index in [0.717, 1.165) is 18.4 Å². The third kappa shape index (κ3) is 3.80. The minimum Gasteiger partial charge on any atom is -0.477 e. The van der Waals surface area contributed by atoms with Gasteiger partial charge in [-0.3, -0.25) is 9.89 Å². The third-order valence-corrected chi connectivity index (χ3v) is 3.98. The number of rotatable bonds is 6. The zero-order valence-corrected chi connectivity index (χ0v) is 13.1. The molecule has 2 aromatic rings. The predicted octanol–water partition coefficient (Wildman–Crippen LogP) is 1.93. The van der Waals surface area contributed by atoms with E-state index in [1.165, 1.54) is 6.07 Å². The number of hydrogen-bond donors (Lipinski definition) is 2. The first kappa shape index (κ1) is 16.2. The standard InChI is InChI=1S/C17H19N3O4/c21-16(14-9-15(17(22)23)19-18-14)20(11-13-7-4-8-24-13)10-12-5-2-1-3-6-12/h1-3,5-6,9,13H,4,7-8,10-11H2,(H,18,19)(H,22,23). The number of aromatic nitrogens is 2. The Balaban J connectivity index is 1.78. The Morgan fingerprint density at radius 2 is 2.12 bits per heavy atom. The summed E-state index contributed by atoms with van der Waals surface area (Å²) in [5.74, 6) is -1.45. The molecule has 7 nitrogen and oxygen atoms in total. The molecule has 0 spiro atoms. The largest absolute Gasteiger partial charge is 0.477 e. The van der Waals surface area contributed by atoms with Crippen LogP contribution in [0.5, 0.6) is 0 Å². The number of benzene rings is 1. The van der Waals surface area contributed by atoms with Crippen molar-refractivity contribution < 1.29 is 19.4 Å². The van der Waals surface area contributed by atoms with Gasteiger partial charge in [0.05, 0.1) is 6.10 Å². The van der Waals surface area contributed by atoms with Gasteiger partial charge >= 0.3 is 5.97 Å². The fourth-order valence-corrected chi connectivity index (χ4v) is 2.76. The quantitative estimate of drug-likeness (QED) is 0.844. The molecular weight excluding hydrogens is 310 g/mol. The topological polar surface area (TPSA) is 95.5 Å². The number of H-pyrrole nitrogens is 1. The van der Waals surface area contributed by atoms with Gasteiger partial charge in [0.1, 0.15) is 5.69 Å². The zero-order chi connectivity index (χ0) is 16.9. The molecule has 0 saturated carbocycles. The lowest BCUT2D eigenvalue weighted by molar-refractivity contribution is 0.0503. The molecule has 2 N–H and O–H groups in total. The normalized spacial score (nSPS) is 16.9. The molecule has 1 atom stereocenters. The van der Waals surface area contributed by atoms with Crippen LogP contribution in [0.15, 0.2) is 36.4 Å². The number of carbonyl (C=O) groups excluding carboxylic acids is 1. The second-order valence-electron chi connectivity index (χ2n) is 5.78. The molecule has 1 aliphatic rings. The van der Waals surface area contributed by atoms with Crippen LogP contribution < -0.4 is 0 Å². The first-order valence-corrected chi connectivity index (χ1v) is 7.87. The number of carboxylic acid groups (broad SMARTS) is 1. The number of nitrogens with one attached hydrogen (secondary N) is 1. The maximum Gasteiger partial charge on any atom is 0.353 e. The van der Waals surface area contributed by atoms with Gasteiger partial charge in [-0.1, -0.05) is 30.3 Å². The summed E-state index contributed by atoms with van der Waals surface area (Å²) in [6.45, 7) is 1.60. The van der Waals surface area contributed by atoms with Crippen LogP contribution in [-0.2, 0) is 11.3 Å². The molecule has 1 amide bonds. The number of carboxylic acids is 1. The monoisotopic (exact) mass is 329 g/mol. The van der Waals surface area contributed by atoms with Crippen LogP contribution in [0.25, 0.3) is 0 Å². The molecule has 3 rings (SSSR count). The van der Waals surface area contributed by atoms with Crippen molar-refractivity contribution in [2.75, 3.05) is 13.2 Å². The molecule has 0 radical (unpaired) electrons. The molecule has 7 heteroatoms. The predicted molar refractivity (Wildman–Crippen MR) is 85.7 cm³/mol. The number of aromatic carboxylic acids is 1. The van der Waals surface area contributed by atoms with Gasteiger partial charge in [0.15, 0.2) is 5.69 Å². The van der Waals surface area contributed by atoms with Gasteiger partial charge in [-0.25, -0.2) is 4.79 Å². The van der Waals surface area contributed by atoms with Crippen LogP contribution in [0.4, 0.5) is 0 Å². The Morgan fingerprint density at radius 1 is 1.33 bits per heavy atom. The van der Waals surface area contributed by atoms with Crippen molar-refractivity contribution in [1.29, 1.82) is 0 Å². The highest BCUT2D eigenvalue weighted by Crippen LogP contribution is 2.17. The van der Waals surface area contributed by atoms with E-state index in [9.17, 15) is 9.59 Å². The van der Waals surface area contributed by atoms with Crippen LogP contribution in [0.2, 0.25) is 0 Å². The summed E-state index contributed by atoms with van der Waals surface area (Å²) in [5.41, 5.74) is 0.995. The average molecular weight is 329 g/mol. The van der Waals surface area contributed by atoms with Crippen LogP contribution >= 0.6 is 0 Å². The fraction of sp³-hybridized carbons (Fsp3) is 0.353. The lowest BCUT2D eigenvalue weighted by Gasteiger charge is -2.25. The summed E-state index contributed by atoms with van der Waals surface area (Å²) in [6.07, 6.45) is 1.92. The van der Waals surface area contributed by atoms with E-state index in [1.807, 2.05) is 30.3 Å². The van der Waals surface area contributed by atoms with Crippen LogP contribution in [0, 0.1) is 0 Å². The van der Waals surface area contributed by atoms with Crippen molar-refractivity contribution in [2.24, 2.45) is 0 Å². The average Bonchev–Trinajstić information content (AvgIpc) is 3.26. The summed E-state index contributed by atoms with van der Waals surface area (Å²) in [4.78, 5) is 25.4. The molecule has 1 aliphatic heterocycles. The highest BCUT2D eigenvalue weighted by Gasteiger charge is 2.25. The SMILES string of the molecule is O=C(O)c1cc(C(=O)N(Cc2ccccc2)CC2CCCO2)n[nH]1. The molecule has 2 heterocycles. The van der Waals surface area contributed by atoms with Crippen LogP contribution in [-0.4, -0.2) is 51.3 Å². The van der Waals surface area contributed by atoms with Gasteiger partial charge in [-0.05, 0) is 18.4 Å². The highest BCUT2D eigenvalue weighted by molar-refractivity contribution is 5.95. The fourth-order valence-electron chi connectivity index (χ4n) is 2.76. The number of carbonyl (C=O) groups is 2. The summed E-state index contributed by atoms with van der Waals surface area (Å²) in [5, 5.41) is 15.2. The van der Waals surface area contributed by atoms with E-state index in [4.69, 9.17) is 9.84 Å².